The summed E-state index contributed by atoms with van der Waals surface area (Å²) in [6, 6.07) is 7.84. The van der Waals surface area contributed by atoms with E-state index < -0.39 is 0 Å². The number of nitrogens with zero attached hydrogens (tertiary/aromatic N) is 3. The molecule has 3 aromatic rings. The van der Waals surface area contributed by atoms with E-state index in [4.69, 9.17) is 0 Å². The fourth-order valence-electron chi connectivity index (χ4n) is 3.53. The number of fused-ring (bicyclic) bond motifs is 1. The molecule has 0 aliphatic heterocycles. The van der Waals surface area contributed by atoms with Crippen LogP contribution in [0.3, 0.4) is 0 Å². The number of amides is 1. The summed E-state index contributed by atoms with van der Waals surface area (Å²) in [6.07, 6.45) is 8.92. The van der Waals surface area contributed by atoms with Crippen molar-refractivity contribution >= 4 is 16.9 Å². The highest BCUT2D eigenvalue weighted by molar-refractivity contribution is 5.92. The van der Waals surface area contributed by atoms with Gasteiger partial charge in [-0.1, -0.05) is 0 Å². The molecule has 3 aromatic heterocycles. The van der Waals surface area contributed by atoms with Gasteiger partial charge in [-0.05, 0) is 43.9 Å². The van der Waals surface area contributed by atoms with Crippen LogP contribution in [-0.2, 0) is 0 Å². The van der Waals surface area contributed by atoms with E-state index in [1.54, 1.807) is 0 Å². The number of hydrogen-bond donors (Lipinski definition) is 2. The van der Waals surface area contributed by atoms with Crippen LogP contribution in [0.25, 0.3) is 11.0 Å². The number of pyridine rings is 1. The monoisotopic (exact) mass is 337 g/mol. The third kappa shape index (κ3) is 3.17. The minimum atomic E-state index is -0.323. The maximum absolute atomic E-state index is 12.2. The Kier molecular flexibility index (Phi) is 4.05. The Morgan fingerprint density at radius 2 is 2.04 bits per heavy atom. The van der Waals surface area contributed by atoms with Gasteiger partial charge in [0.15, 0.2) is 0 Å². The molecule has 0 unspecified atom stereocenters. The first kappa shape index (κ1) is 15.6. The molecule has 1 aliphatic carbocycles. The van der Waals surface area contributed by atoms with E-state index in [9.17, 15) is 9.59 Å². The number of rotatable bonds is 3. The van der Waals surface area contributed by atoms with E-state index in [2.05, 4.69) is 43.2 Å². The van der Waals surface area contributed by atoms with Gasteiger partial charge in [0, 0.05) is 35.9 Å². The third-order valence-corrected chi connectivity index (χ3v) is 4.81. The molecule has 7 nitrogen and oxygen atoms in total. The van der Waals surface area contributed by atoms with Crippen molar-refractivity contribution in [2.45, 2.75) is 37.8 Å². The predicted molar refractivity (Wildman–Crippen MR) is 93.3 cm³/mol. The molecule has 1 fully saturated rings. The lowest BCUT2D eigenvalue weighted by Crippen LogP contribution is -2.38. The fourth-order valence-corrected chi connectivity index (χ4v) is 3.53. The topological polar surface area (TPSA) is 92.7 Å². The van der Waals surface area contributed by atoms with Gasteiger partial charge in [0.2, 0.25) is 0 Å². The average Bonchev–Trinajstić information content (AvgIpc) is 3.06. The second-order valence-corrected chi connectivity index (χ2v) is 6.41. The molecule has 2 N–H and O–H groups in total. The Hall–Kier alpha value is -2.96. The van der Waals surface area contributed by atoms with Gasteiger partial charge in [-0.3, -0.25) is 9.59 Å². The maximum atomic E-state index is 12.2. The molecule has 0 aromatic carbocycles. The van der Waals surface area contributed by atoms with Crippen molar-refractivity contribution in [2.75, 3.05) is 0 Å². The van der Waals surface area contributed by atoms with Crippen LogP contribution >= 0.6 is 0 Å². The second kappa shape index (κ2) is 6.51. The number of aromatic amines is 1. The Balaban J connectivity index is 1.40. The van der Waals surface area contributed by atoms with Crippen molar-refractivity contribution in [3.8, 4) is 0 Å². The van der Waals surface area contributed by atoms with Crippen LogP contribution in [-0.4, -0.2) is 31.5 Å². The predicted octanol–water partition coefficient (Wildman–Crippen LogP) is 2.03. The number of H-pyrrole nitrogens is 1. The molecule has 7 heteroatoms. The SMILES string of the molecule is O=C(NC1CCC(n2ccc3cccnc32)CC1)c1cc(=O)[nH]cn1. The molecule has 4 rings (SSSR count). The first-order valence-corrected chi connectivity index (χ1v) is 8.48. The second-order valence-electron chi connectivity index (χ2n) is 6.41. The molecule has 25 heavy (non-hydrogen) atoms. The number of carbonyl (C=O) groups excluding carboxylic acids is 1. The smallest absolute Gasteiger partial charge is 0.270 e. The molecule has 0 radical (unpaired) electrons. The zero-order valence-corrected chi connectivity index (χ0v) is 13.7. The quantitative estimate of drug-likeness (QED) is 0.765. The van der Waals surface area contributed by atoms with Gasteiger partial charge >= 0.3 is 0 Å². The highest BCUT2D eigenvalue weighted by Crippen LogP contribution is 2.31. The Bertz CT molecular complexity index is 953. The van der Waals surface area contributed by atoms with E-state index in [0.717, 1.165) is 36.7 Å². The Morgan fingerprint density at radius 3 is 2.84 bits per heavy atom. The summed E-state index contributed by atoms with van der Waals surface area (Å²) in [6.45, 7) is 0. The summed E-state index contributed by atoms with van der Waals surface area (Å²) >= 11 is 0. The molecule has 0 atom stereocenters. The van der Waals surface area contributed by atoms with Crippen molar-refractivity contribution in [3.05, 3.63) is 59.0 Å². The lowest BCUT2D eigenvalue weighted by atomic mass is 9.91. The maximum Gasteiger partial charge on any atom is 0.270 e. The summed E-state index contributed by atoms with van der Waals surface area (Å²) in [5.74, 6) is -0.289. The van der Waals surface area contributed by atoms with Crippen molar-refractivity contribution in [1.29, 1.82) is 0 Å². The first-order chi connectivity index (χ1) is 12.2. The highest BCUT2D eigenvalue weighted by atomic mass is 16.2. The molecule has 0 bridgehead atoms. The standard InChI is InChI=1S/C18H19N5O2/c24-16-10-15(20-11-21-16)18(25)22-13-3-5-14(6-4-13)23-9-7-12-2-1-8-19-17(12)23/h1-2,7-11,13-14H,3-6H2,(H,22,25)(H,20,21,24). The Morgan fingerprint density at radius 1 is 1.20 bits per heavy atom. The van der Waals surface area contributed by atoms with Gasteiger partial charge in [-0.25, -0.2) is 9.97 Å². The minimum absolute atomic E-state index is 0.111. The zero-order chi connectivity index (χ0) is 17.2. The minimum Gasteiger partial charge on any atom is -0.348 e. The van der Waals surface area contributed by atoms with E-state index in [1.807, 2.05) is 12.3 Å². The largest absolute Gasteiger partial charge is 0.348 e. The summed E-state index contributed by atoms with van der Waals surface area (Å²) in [5.41, 5.74) is 0.852. The molecule has 128 valence electrons. The number of hydrogen-bond acceptors (Lipinski definition) is 4. The van der Waals surface area contributed by atoms with Crippen molar-refractivity contribution < 1.29 is 4.79 Å². The molecular formula is C18H19N5O2. The van der Waals surface area contributed by atoms with Crippen LogP contribution in [0, 0.1) is 0 Å². The molecule has 3 heterocycles. The van der Waals surface area contributed by atoms with Crippen LogP contribution in [0.15, 0.2) is 47.8 Å². The lowest BCUT2D eigenvalue weighted by Gasteiger charge is -2.30. The zero-order valence-electron chi connectivity index (χ0n) is 13.7. The molecule has 0 spiro atoms. The normalized spacial score (nSPS) is 20.5. The molecule has 1 saturated carbocycles. The van der Waals surface area contributed by atoms with Crippen LogP contribution in [0.2, 0.25) is 0 Å². The first-order valence-electron chi connectivity index (χ1n) is 8.48. The third-order valence-electron chi connectivity index (χ3n) is 4.81. The summed E-state index contributed by atoms with van der Waals surface area (Å²) in [4.78, 5) is 34.3. The van der Waals surface area contributed by atoms with Crippen molar-refractivity contribution in [3.63, 3.8) is 0 Å². The van der Waals surface area contributed by atoms with E-state index in [1.165, 1.54) is 12.4 Å². The van der Waals surface area contributed by atoms with Crippen LogP contribution in [0.1, 0.15) is 42.2 Å². The van der Waals surface area contributed by atoms with Crippen molar-refractivity contribution in [1.82, 2.24) is 24.8 Å². The van der Waals surface area contributed by atoms with Gasteiger partial charge in [0.05, 0.1) is 6.33 Å². The van der Waals surface area contributed by atoms with Crippen LogP contribution < -0.4 is 10.9 Å². The molecule has 0 saturated heterocycles. The summed E-state index contributed by atoms with van der Waals surface area (Å²) < 4.78 is 2.24. The number of nitrogens with one attached hydrogen (secondary N) is 2. The fraction of sp³-hybridized carbons (Fsp3) is 0.333. The van der Waals surface area contributed by atoms with Crippen LogP contribution in [0.5, 0.6) is 0 Å². The number of carbonyl (C=O) groups is 1. The average molecular weight is 337 g/mol. The van der Waals surface area contributed by atoms with Gasteiger partial charge in [0.1, 0.15) is 11.3 Å². The number of aromatic nitrogens is 4. The Labute approximate surface area is 144 Å². The summed E-state index contributed by atoms with van der Waals surface area (Å²) in [7, 11) is 0. The lowest BCUT2D eigenvalue weighted by molar-refractivity contribution is 0.0917. The van der Waals surface area contributed by atoms with E-state index in [-0.39, 0.29) is 23.2 Å². The van der Waals surface area contributed by atoms with E-state index >= 15 is 0 Å². The van der Waals surface area contributed by atoms with Gasteiger partial charge < -0.3 is 14.9 Å². The van der Waals surface area contributed by atoms with Gasteiger partial charge in [-0.2, -0.15) is 0 Å². The molecule has 1 amide bonds. The van der Waals surface area contributed by atoms with Gasteiger partial charge in [-0.15, -0.1) is 0 Å². The van der Waals surface area contributed by atoms with Gasteiger partial charge in [0.25, 0.3) is 11.5 Å². The highest BCUT2D eigenvalue weighted by Gasteiger charge is 2.25. The molecule has 1 aliphatic rings. The summed E-state index contributed by atoms with van der Waals surface area (Å²) in [5, 5.41) is 4.14. The molecular weight excluding hydrogens is 318 g/mol. The van der Waals surface area contributed by atoms with Crippen molar-refractivity contribution in [2.24, 2.45) is 0 Å². The van der Waals surface area contributed by atoms with E-state index in [0.29, 0.717) is 6.04 Å². The van der Waals surface area contributed by atoms with Crippen LogP contribution in [0.4, 0.5) is 0 Å².